The van der Waals surface area contributed by atoms with Crippen molar-refractivity contribution in [3.05, 3.63) is 35.9 Å². The van der Waals surface area contributed by atoms with Crippen LogP contribution in [0, 0.1) is 5.92 Å². The molecule has 0 radical (unpaired) electrons. The average molecular weight is 335 g/mol. The monoisotopic (exact) mass is 335 g/mol. The van der Waals surface area contributed by atoms with Gasteiger partial charge < -0.3 is 15.5 Å². The topological polar surface area (TPSA) is 61.4 Å². The van der Waals surface area contributed by atoms with Crippen LogP contribution in [0.1, 0.15) is 32.3 Å². The number of amides is 3. The number of halogens is 1. The zero-order valence-electron chi connectivity index (χ0n) is 14.3. The van der Waals surface area contributed by atoms with E-state index >= 15 is 0 Å². The fourth-order valence-electron chi connectivity index (χ4n) is 2.63. The van der Waals surface area contributed by atoms with Crippen LogP contribution in [0.3, 0.4) is 0 Å². The Morgan fingerprint density at radius 1 is 1.17 bits per heavy atom. The number of nitrogens with zero attached hydrogens (tertiary/aromatic N) is 1. The maximum Gasteiger partial charge on any atom is 0.317 e. The van der Waals surface area contributed by atoms with Gasteiger partial charge in [0.05, 0.1) is 0 Å². The summed E-state index contributed by atoms with van der Waals surface area (Å²) in [5.74, 6) is -0.226. The van der Waals surface area contributed by atoms with Crippen molar-refractivity contribution in [3.8, 4) is 0 Å². The van der Waals surface area contributed by atoms with Crippen molar-refractivity contribution in [2.75, 3.05) is 19.6 Å². The van der Waals surface area contributed by atoms with Crippen LogP contribution in [0.25, 0.3) is 0 Å². The van der Waals surface area contributed by atoms with E-state index in [0.29, 0.717) is 19.0 Å². The molecule has 0 bridgehead atoms. The molecule has 1 saturated heterocycles. The van der Waals surface area contributed by atoms with Crippen LogP contribution in [0.4, 0.5) is 9.18 Å². The van der Waals surface area contributed by atoms with E-state index in [1.807, 2.05) is 44.2 Å². The van der Waals surface area contributed by atoms with Gasteiger partial charge in [0.2, 0.25) is 0 Å². The molecule has 1 heterocycles. The van der Waals surface area contributed by atoms with Crippen molar-refractivity contribution in [3.63, 3.8) is 0 Å². The summed E-state index contributed by atoms with van der Waals surface area (Å²) in [6.45, 7) is 5.43. The SMILES string of the molecule is CC(C)CNC(=O)N1CCC(F)(C(=O)NCc2ccccc2)CC1. The number of benzene rings is 1. The summed E-state index contributed by atoms with van der Waals surface area (Å²) in [5, 5.41) is 5.48. The molecule has 6 heteroatoms. The molecule has 0 aliphatic carbocycles. The summed E-state index contributed by atoms with van der Waals surface area (Å²) >= 11 is 0. The van der Waals surface area contributed by atoms with Crippen LogP contribution in [-0.4, -0.2) is 42.1 Å². The van der Waals surface area contributed by atoms with Gasteiger partial charge >= 0.3 is 6.03 Å². The van der Waals surface area contributed by atoms with Crippen molar-refractivity contribution in [1.82, 2.24) is 15.5 Å². The first-order valence-electron chi connectivity index (χ1n) is 8.44. The third kappa shape index (κ3) is 4.94. The molecule has 2 N–H and O–H groups in total. The highest BCUT2D eigenvalue weighted by Crippen LogP contribution is 2.27. The summed E-state index contributed by atoms with van der Waals surface area (Å²) in [7, 11) is 0. The largest absolute Gasteiger partial charge is 0.349 e. The van der Waals surface area contributed by atoms with E-state index in [0.717, 1.165) is 5.56 Å². The molecule has 24 heavy (non-hydrogen) atoms. The van der Waals surface area contributed by atoms with Gasteiger partial charge in [-0.1, -0.05) is 44.2 Å². The molecule has 1 aliphatic rings. The molecule has 1 aromatic carbocycles. The average Bonchev–Trinajstić information content (AvgIpc) is 2.59. The molecule has 0 saturated carbocycles. The maximum absolute atomic E-state index is 14.8. The van der Waals surface area contributed by atoms with Crippen molar-refractivity contribution < 1.29 is 14.0 Å². The lowest BCUT2D eigenvalue weighted by Gasteiger charge is -2.35. The molecular weight excluding hydrogens is 309 g/mol. The molecule has 3 amide bonds. The first-order valence-corrected chi connectivity index (χ1v) is 8.44. The molecule has 132 valence electrons. The lowest BCUT2D eigenvalue weighted by Crippen LogP contribution is -2.54. The Kier molecular flexibility index (Phi) is 6.17. The Labute approximate surface area is 142 Å². The minimum atomic E-state index is -1.90. The van der Waals surface area contributed by atoms with Crippen molar-refractivity contribution >= 4 is 11.9 Å². The summed E-state index contributed by atoms with van der Waals surface area (Å²) < 4.78 is 14.8. The van der Waals surface area contributed by atoms with Gasteiger partial charge in [0, 0.05) is 39.0 Å². The number of carbonyl (C=O) groups is 2. The fraction of sp³-hybridized carbons (Fsp3) is 0.556. The third-order valence-corrected chi connectivity index (χ3v) is 4.21. The van der Waals surface area contributed by atoms with Crippen LogP contribution in [0.2, 0.25) is 0 Å². The lowest BCUT2D eigenvalue weighted by atomic mass is 9.92. The minimum absolute atomic E-state index is 0.0305. The molecule has 0 spiro atoms. The van der Waals surface area contributed by atoms with Gasteiger partial charge in [0.1, 0.15) is 0 Å². The zero-order chi connectivity index (χ0) is 17.6. The normalized spacial score (nSPS) is 16.8. The van der Waals surface area contributed by atoms with E-state index in [9.17, 15) is 14.0 Å². The van der Waals surface area contributed by atoms with Gasteiger partial charge in [-0.15, -0.1) is 0 Å². The van der Waals surface area contributed by atoms with Crippen LogP contribution in [0.5, 0.6) is 0 Å². The molecule has 0 unspecified atom stereocenters. The van der Waals surface area contributed by atoms with E-state index in [4.69, 9.17) is 0 Å². The molecule has 0 aromatic heterocycles. The zero-order valence-corrected chi connectivity index (χ0v) is 14.3. The molecule has 0 atom stereocenters. The van der Waals surface area contributed by atoms with Gasteiger partial charge in [-0.25, -0.2) is 9.18 Å². The number of hydrogen-bond donors (Lipinski definition) is 2. The first kappa shape index (κ1) is 18.2. The number of urea groups is 1. The number of nitrogens with one attached hydrogen (secondary N) is 2. The van der Waals surface area contributed by atoms with Crippen LogP contribution in [-0.2, 0) is 11.3 Å². The van der Waals surface area contributed by atoms with E-state index < -0.39 is 11.6 Å². The van der Waals surface area contributed by atoms with Crippen molar-refractivity contribution in [1.29, 1.82) is 0 Å². The standard InChI is InChI=1S/C18H26FN3O2/c1-14(2)12-21-17(24)22-10-8-18(19,9-11-22)16(23)20-13-15-6-4-3-5-7-15/h3-7,14H,8-13H2,1-2H3,(H,20,23)(H,21,24). The van der Waals surface area contributed by atoms with Crippen molar-refractivity contribution in [2.45, 2.75) is 38.9 Å². The summed E-state index contributed by atoms with van der Waals surface area (Å²) in [5.41, 5.74) is -0.969. The minimum Gasteiger partial charge on any atom is -0.349 e. The van der Waals surface area contributed by atoms with Gasteiger partial charge in [-0.2, -0.15) is 0 Å². The smallest absolute Gasteiger partial charge is 0.317 e. The number of carbonyl (C=O) groups excluding carboxylic acids is 2. The highest BCUT2D eigenvalue weighted by atomic mass is 19.1. The number of alkyl halides is 1. The maximum atomic E-state index is 14.8. The number of piperidine rings is 1. The van der Waals surface area contributed by atoms with E-state index in [-0.39, 0.29) is 32.0 Å². The highest BCUT2D eigenvalue weighted by Gasteiger charge is 2.42. The van der Waals surface area contributed by atoms with Gasteiger partial charge in [0.15, 0.2) is 5.67 Å². The first-order chi connectivity index (χ1) is 11.4. The van der Waals surface area contributed by atoms with Crippen LogP contribution in [0.15, 0.2) is 30.3 Å². The second kappa shape index (κ2) is 8.13. The Hall–Kier alpha value is -2.11. The van der Waals surface area contributed by atoms with Gasteiger partial charge in [-0.05, 0) is 11.5 Å². The fourth-order valence-corrected chi connectivity index (χ4v) is 2.63. The Morgan fingerprint density at radius 2 is 1.79 bits per heavy atom. The van der Waals surface area contributed by atoms with Gasteiger partial charge in [0.25, 0.3) is 5.91 Å². The highest BCUT2D eigenvalue weighted by molar-refractivity contribution is 5.85. The van der Waals surface area contributed by atoms with Crippen molar-refractivity contribution in [2.24, 2.45) is 5.92 Å². The molecule has 2 rings (SSSR count). The summed E-state index contributed by atoms with van der Waals surface area (Å²) in [4.78, 5) is 25.7. The lowest BCUT2D eigenvalue weighted by molar-refractivity contribution is -0.135. The van der Waals surface area contributed by atoms with E-state index in [1.54, 1.807) is 4.90 Å². The quantitative estimate of drug-likeness (QED) is 0.868. The number of hydrogen-bond acceptors (Lipinski definition) is 2. The predicted molar refractivity (Wildman–Crippen MR) is 91.2 cm³/mol. The Bertz CT molecular complexity index is 555. The second-order valence-electron chi connectivity index (χ2n) is 6.70. The molecule has 1 fully saturated rings. The Morgan fingerprint density at radius 3 is 2.38 bits per heavy atom. The molecular formula is C18H26FN3O2. The Balaban J connectivity index is 1.80. The molecule has 1 aliphatic heterocycles. The molecule has 5 nitrogen and oxygen atoms in total. The summed E-state index contributed by atoms with van der Waals surface area (Å²) in [6.07, 6.45) is 0.0610. The number of rotatable bonds is 5. The van der Waals surface area contributed by atoms with Crippen LogP contribution < -0.4 is 10.6 Å². The van der Waals surface area contributed by atoms with Gasteiger partial charge in [-0.3, -0.25) is 4.79 Å². The summed E-state index contributed by atoms with van der Waals surface area (Å²) in [6, 6.07) is 9.22. The predicted octanol–water partition coefficient (Wildman–Crippen LogP) is 2.47. The third-order valence-electron chi connectivity index (χ3n) is 4.21. The second-order valence-corrected chi connectivity index (χ2v) is 6.70. The number of likely N-dealkylation sites (tertiary alicyclic amines) is 1. The van der Waals surface area contributed by atoms with Crippen LogP contribution >= 0.6 is 0 Å². The van der Waals surface area contributed by atoms with E-state index in [2.05, 4.69) is 10.6 Å². The van der Waals surface area contributed by atoms with E-state index in [1.165, 1.54) is 0 Å². The molecule has 1 aromatic rings.